The normalized spacial score (nSPS) is 42.9. The predicted octanol–water partition coefficient (Wildman–Crippen LogP) is 6.16. The van der Waals surface area contributed by atoms with E-state index in [0.717, 1.165) is 47.7 Å². The van der Waals surface area contributed by atoms with Gasteiger partial charge < -0.3 is 15.5 Å². The molecule has 7 heteroatoms. The van der Waals surface area contributed by atoms with Gasteiger partial charge in [0, 0.05) is 24.1 Å². The van der Waals surface area contributed by atoms with Crippen molar-refractivity contribution in [3.8, 4) is 0 Å². The van der Waals surface area contributed by atoms with Crippen LogP contribution < -0.4 is 5.32 Å². The lowest BCUT2D eigenvalue weighted by molar-refractivity contribution is -0.214. The predicted molar refractivity (Wildman–Crippen MR) is 147 cm³/mol. The molecule has 0 saturated heterocycles. The van der Waals surface area contributed by atoms with E-state index in [1.165, 1.54) is 11.3 Å². The fraction of sp³-hybridized carbons (Fsp3) is 0.800. The molecule has 1 amide bonds. The molecule has 0 unspecified atom stereocenters. The van der Waals surface area contributed by atoms with Gasteiger partial charge in [0.2, 0.25) is 5.91 Å². The molecule has 4 aliphatic carbocycles. The summed E-state index contributed by atoms with van der Waals surface area (Å²) in [7, 11) is 0. The number of aliphatic hydroxyl groups excluding tert-OH is 2. The van der Waals surface area contributed by atoms with Crippen LogP contribution >= 0.6 is 22.9 Å². The minimum atomic E-state index is -0.822. The number of thiophene rings is 1. The number of fused-ring (bicyclic) bond motifs is 5. The van der Waals surface area contributed by atoms with E-state index in [9.17, 15) is 19.8 Å². The first kappa shape index (κ1) is 27.6. The summed E-state index contributed by atoms with van der Waals surface area (Å²) >= 11 is 7.65. The Labute approximate surface area is 230 Å². The number of carbonyl (C=O) groups is 2. The van der Waals surface area contributed by atoms with E-state index in [4.69, 9.17) is 11.6 Å². The van der Waals surface area contributed by atoms with Gasteiger partial charge in [-0.1, -0.05) is 39.3 Å². The summed E-state index contributed by atoms with van der Waals surface area (Å²) in [5.74, 6) is 1.64. The zero-order valence-electron chi connectivity index (χ0n) is 22.7. The Kier molecular flexibility index (Phi) is 7.63. The van der Waals surface area contributed by atoms with Crippen molar-refractivity contribution in [1.29, 1.82) is 0 Å². The number of carbonyl (C=O) groups excluding carboxylic acids is 2. The van der Waals surface area contributed by atoms with Crippen LogP contribution in [0.1, 0.15) is 96.4 Å². The third-order valence-corrected chi connectivity index (χ3v) is 12.9. The van der Waals surface area contributed by atoms with Gasteiger partial charge in [0.1, 0.15) is 5.78 Å². The van der Waals surface area contributed by atoms with Crippen molar-refractivity contribution in [2.75, 3.05) is 0 Å². The van der Waals surface area contributed by atoms with Crippen molar-refractivity contribution in [2.45, 2.75) is 104 Å². The van der Waals surface area contributed by atoms with E-state index in [0.29, 0.717) is 37.0 Å². The summed E-state index contributed by atoms with van der Waals surface area (Å²) in [6.45, 7) is 8.98. The molecule has 0 aliphatic heterocycles. The Balaban J connectivity index is 1.29. The van der Waals surface area contributed by atoms with Gasteiger partial charge in [0.05, 0.1) is 22.6 Å². The molecular formula is C30H44ClNO4S. The van der Waals surface area contributed by atoms with Crippen molar-refractivity contribution in [1.82, 2.24) is 5.32 Å². The number of nitrogens with one attached hydrogen (secondary N) is 1. The molecule has 0 spiro atoms. The molecule has 4 aliphatic rings. The van der Waals surface area contributed by atoms with Crippen LogP contribution in [0.3, 0.4) is 0 Å². The largest absolute Gasteiger partial charge is 0.390 e. The summed E-state index contributed by atoms with van der Waals surface area (Å²) in [5, 5.41) is 25.9. The second-order valence-electron chi connectivity index (χ2n) is 13.2. The average molecular weight is 550 g/mol. The zero-order valence-corrected chi connectivity index (χ0v) is 24.3. The second kappa shape index (κ2) is 10.2. The van der Waals surface area contributed by atoms with Crippen LogP contribution in [0.5, 0.6) is 0 Å². The van der Waals surface area contributed by atoms with E-state index < -0.39 is 12.2 Å². The SMILES string of the molecule is CC[C@@H](NC(=O)C[C@@H](C)[C@H]1CC[C@H]2[C@@H]3[C@H](O)[C@H](O)[C@@H]4CC(=O)CC[C@]4(C)[C@H]3CC[C@]12C)c1ccc(Cl)s1. The summed E-state index contributed by atoms with van der Waals surface area (Å²) in [5.41, 5.74) is -0.0251. The van der Waals surface area contributed by atoms with Gasteiger partial charge in [-0.15, -0.1) is 11.3 Å². The highest BCUT2D eigenvalue weighted by Crippen LogP contribution is 2.68. The zero-order chi connectivity index (χ0) is 26.7. The van der Waals surface area contributed by atoms with Gasteiger partial charge in [0.25, 0.3) is 0 Å². The van der Waals surface area contributed by atoms with Crippen LogP contribution in [0.2, 0.25) is 4.34 Å². The van der Waals surface area contributed by atoms with Gasteiger partial charge >= 0.3 is 0 Å². The lowest BCUT2D eigenvalue weighted by Crippen LogP contribution is -2.64. The highest BCUT2D eigenvalue weighted by atomic mass is 35.5. The number of rotatable bonds is 6. The molecule has 3 N–H and O–H groups in total. The Hall–Kier alpha value is -0.950. The van der Waals surface area contributed by atoms with Crippen molar-refractivity contribution in [3.05, 3.63) is 21.3 Å². The van der Waals surface area contributed by atoms with Gasteiger partial charge in [-0.05, 0) is 97.0 Å². The number of hydrogen-bond acceptors (Lipinski definition) is 5. The van der Waals surface area contributed by atoms with Crippen molar-refractivity contribution >= 4 is 34.6 Å². The average Bonchev–Trinajstić information content (AvgIpc) is 3.44. The molecule has 206 valence electrons. The number of ketones is 1. The Morgan fingerprint density at radius 3 is 2.51 bits per heavy atom. The molecule has 1 heterocycles. The molecular weight excluding hydrogens is 506 g/mol. The van der Waals surface area contributed by atoms with Crippen LogP contribution in [0.15, 0.2) is 12.1 Å². The summed E-state index contributed by atoms with van der Waals surface area (Å²) in [4.78, 5) is 26.5. The summed E-state index contributed by atoms with van der Waals surface area (Å²) in [6, 6.07) is 3.89. The molecule has 0 radical (unpaired) electrons. The minimum Gasteiger partial charge on any atom is -0.390 e. The highest BCUT2D eigenvalue weighted by Gasteiger charge is 2.65. The molecule has 4 fully saturated rings. The first-order chi connectivity index (χ1) is 17.5. The van der Waals surface area contributed by atoms with Crippen LogP contribution in [-0.4, -0.2) is 34.1 Å². The molecule has 4 saturated carbocycles. The van der Waals surface area contributed by atoms with Crippen LogP contribution in [0, 0.1) is 46.3 Å². The standard InChI is InChI=1S/C30H44ClNO4S/c1-5-22(23-8-9-24(31)37-23)32-25(34)14-16(2)18-6-7-19-26-20(11-13-29(18,19)3)30(4)12-10-17(33)15-21(30)27(35)28(26)36/h8-9,16,18-22,26-28,35-36H,5-7,10-15H2,1-4H3,(H,32,34)/t16-,18-,19+,20+,21+,22-,26+,27-,28+,29-,30-/m1/s1. The molecule has 1 aromatic heterocycles. The van der Waals surface area contributed by atoms with Crippen LogP contribution in [-0.2, 0) is 9.59 Å². The van der Waals surface area contributed by atoms with Gasteiger partial charge in [-0.25, -0.2) is 0 Å². The molecule has 0 aromatic carbocycles. The van der Waals surface area contributed by atoms with Gasteiger partial charge in [0.15, 0.2) is 0 Å². The summed E-state index contributed by atoms with van der Waals surface area (Å²) < 4.78 is 0.742. The topological polar surface area (TPSA) is 86.6 Å². The minimum absolute atomic E-state index is 0.00510. The van der Waals surface area contributed by atoms with Crippen molar-refractivity contribution in [3.63, 3.8) is 0 Å². The Morgan fingerprint density at radius 1 is 1.11 bits per heavy atom. The number of amides is 1. The fourth-order valence-electron chi connectivity index (χ4n) is 9.61. The highest BCUT2D eigenvalue weighted by molar-refractivity contribution is 7.16. The smallest absolute Gasteiger partial charge is 0.220 e. The van der Waals surface area contributed by atoms with E-state index in [2.05, 4.69) is 33.0 Å². The van der Waals surface area contributed by atoms with Crippen molar-refractivity contribution < 1.29 is 19.8 Å². The van der Waals surface area contributed by atoms with Crippen LogP contribution in [0.4, 0.5) is 0 Å². The number of aliphatic hydroxyl groups is 2. The maximum absolute atomic E-state index is 13.1. The number of hydrogen-bond donors (Lipinski definition) is 3. The lowest BCUT2D eigenvalue weighted by atomic mass is 9.43. The van der Waals surface area contributed by atoms with E-state index in [1.807, 2.05) is 12.1 Å². The first-order valence-corrected chi connectivity index (χ1v) is 15.6. The van der Waals surface area contributed by atoms with Crippen molar-refractivity contribution in [2.24, 2.45) is 46.3 Å². The molecule has 0 bridgehead atoms. The maximum Gasteiger partial charge on any atom is 0.220 e. The van der Waals surface area contributed by atoms with E-state index in [-0.39, 0.29) is 46.3 Å². The van der Waals surface area contributed by atoms with Gasteiger partial charge in [-0.3, -0.25) is 9.59 Å². The Morgan fingerprint density at radius 2 is 1.84 bits per heavy atom. The quantitative estimate of drug-likeness (QED) is 0.396. The van der Waals surface area contributed by atoms with E-state index >= 15 is 0 Å². The fourth-order valence-corrected chi connectivity index (χ4v) is 10.8. The Bertz CT molecular complexity index is 1030. The molecule has 1 aromatic rings. The third-order valence-electron chi connectivity index (χ3n) is 11.5. The lowest BCUT2D eigenvalue weighted by Gasteiger charge is -2.63. The number of halogens is 1. The monoisotopic (exact) mass is 549 g/mol. The van der Waals surface area contributed by atoms with Crippen LogP contribution in [0.25, 0.3) is 0 Å². The molecule has 5 nitrogen and oxygen atoms in total. The molecule has 11 atom stereocenters. The number of Topliss-reactive ketones (excluding diaryl/α,β-unsaturated/α-hetero) is 1. The second-order valence-corrected chi connectivity index (χ2v) is 15.0. The molecule has 5 rings (SSSR count). The molecule has 37 heavy (non-hydrogen) atoms. The third kappa shape index (κ3) is 4.62. The first-order valence-electron chi connectivity index (χ1n) is 14.4. The maximum atomic E-state index is 13.1. The van der Waals surface area contributed by atoms with E-state index in [1.54, 1.807) is 0 Å². The van der Waals surface area contributed by atoms with Gasteiger partial charge in [-0.2, -0.15) is 0 Å². The summed E-state index contributed by atoms with van der Waals surface area (Å²) in [6.07, 6.45) is 5.83.